The fraction of sp³-hybridized carbons (Fsp3) is 0.0877. The monoisotopic (exact) mass is 933 g/mol. The first kappa shape index (κ1) is 49.0. The van der Waals surface area contributed by atoms with Gasteiger partial charge in [-0.05, 0) is 88.4 Å². The first-order valence-corrected chi connectivity index (χ1v) is 24.4. The average Bonchev–Trinajstić information content (AvgIpc) is 4.24. The summed E-state index contributed by atoms with van der Waals surface area (Å²) in [5, 5.41) is 1.86. The molecule has 2 N–H and O–H groups in total. The molecular formula is C57H26B15N3O. The second-order valence-electron chi connectivity index (χ2n) is 20.3. The number of anilines is 2. The van der Waals surface area contributed by atoms with Crippen molar-refractivity contribution in [3.8, 4) is 11.5 Å². The summed E-state index contributed by atoms with van der Waals surface area (Å²) in [5.74, 6) is 0.777. The first-order valence-electron chi connectivity index (χ1n) is 24.4. The van der Waals surface area contributed by atoms with Crippen LogP contribution in [0.4, 0.5) is 11.4 Å². The first-order chi connectivity index (χ1) is 36.3. The molecule has 4 nitrogen and oxygen atoms in total. The molecule has 4 unspecified atom stereocenters. The third kappa shape index (κ3) is 5.96. The van der Waals surface area contributed by atoms with E-state index in [-0.39, 0.29) is 81.9 Å². The molecule has 8 aromatic rings. The van der Waals surface area contributed by atoms with Gasteiger partial charge in [0.1, 0.15) is 135 Å². The lowest BCUT2D eigenvalue weighted by molar-refractivity contribution is 0.361. The quantitative estimate of drug-likeness (QED) is 0.181. The maximum atomic E-state index is 7.51. The Balaban J connectivity index is 1.26. The van der Waals surface area contributed by atoms with Gasteiger partial charge in [-0.15, -0.1) is 60.1 Å². The smallest absolute Gasteiger partial charge is 0.134 e. The van der Waals surface area contributed by atoms with Crippen molar-refractivity contribution < 1.29 is 4.74 Å². The van der Waals surface area contributed by atoms with Gasteiger partial charge in [0.25, 0.3) is 0 Å². The van der Waals surface area contributed by atoms with Crippen LogP contribution >= 0.6 is 0 Å². The molecule has 1 spiro atoms. The number of nitrogens with zero attached hydrogens (tertiary/aromatic N) is 2. The van der Waals surface area contributed by atoms with Gasteiger partial charge in [0, 0.05) is 44.6 Å². The molecule has 0 amide bonds. The summed E-state index contributed by atoms with van der Waals surface area (Å²) < 4.78 is 9.27. The number of para-hydroxylation sites is 2. The van der Waals surface area contributed by atoms with E-state index in [1.54, 1.807) is 0 Å². The largest absolute Gasteiger partial charge is 0.457 e. The maximum Gasteiger partial charge on any atom is 0.134 e. The lowest BCUT2D eigenvalue weighted by atomic mass is 9.48. The van der Waals surface area contributed by atoms with E-state index in [4.69, 9.17) is 128 Å². The molecule has 19 heteroatoms. The molecule has 0 bridgehead atoms. The molecule has 76 heavy (non-hydrogen) atoms. The van der Waals surface area contributed by atoms with Crippen LogP contribution in [0.1, 0.15) is 46.2 Å². The number of nitrogens with two attached hydrogens (primary N) is 1. The number of allylic oxidation sites excluding steroid dienone is 8. The lowest BCUT2D eigenvalue weighted by Crippen LogP contribution is -2.62. The van der Waals surface area contributed by atoms with Crippen LogP contribution in [0.2, 0.25) is 0 Å². The molecule has 0 fully saturated rings. The van der Waals surface area contributed by atoms with Gasteiger partial charge in [0.05, 0.1) is 22.5 Å². The van der Waals surface area contributed by atoms with Gasteiger partial charge in [-0.25, -0.2) is 0 Å². The summed E-state index contributed by atoms with van der Waals surface area (Å²) in [5.41, 5.74) is 14.4. The Morgan fingerprint density at radius 1 is 0.500 bits per heavy atom. The highest BCUT2D eigenvalue weighted by Gasteiger charge is 2.67. The zero-order valence-electron chi connectivity index (χ0n) is 41.2. The molecule has 320 valence electrons. The summed E-state index contributed by atoms with van der Waals surface area (Å²) >= 11 is 0. The van der Waals surface area contributed by atoms with E-state index in [0.717, 1.165) is 49.9 Å². The minimum atomic E-state index is -1.52. The summed E-state index contributed by atoms with van der Waals surface area (Å²) in [6, 6.07) is 25.7. The van der Waals surface area contributed by atoms with Crippen molar-refractivity contribution in [1.29, 1.82) is 0 Å². The Morgan fingerprint density at radius 3 is 1.71 bits per heavy atom. The zero-order chi connectivity index (χ0) is 53.5. The van der Waals surface area contributed by atoms with Crippen molar-refractivity contribution in [3.63, 3.8) is 0 Å². The Morgan fingerprint density at radius 2 is 1.05 bits per heavy atom. The molecule has 7 aromatic carbocycles. The molecule has 1 aliphatic carbocycles. The second kappa shape index (κ2) is 16.7. The highest BCUT2D eigenvalue weighted by molar-refractivity contribution is 6.70. The van der Waals surface area contributed by atoms with Crippen LogP contribution in [-0.2, 0) is 10.8 Å². The fourth-order valence-corrected chi connectivity index (χ4v) is 13.5. The molecule has 30 radical (unpaired) electrons. The Kier molecular flexibility index (Phi) is 10.8. The van der Waals surface area contributed by atoms with Crippen LogP contribution in [0.25, 0.3) is 38.8 Å². The van der Waals surface area contributed by atoms with Crippen LogP contribution in [0.5, 0.6) is 11.5 Å². The normalized spacial score (nSPS) is 22.7. The molecule has 5 aliphatic rings. The molecular weight excluding hydrogens is 905 g/mol. The van der Waals surface area contributed by atoms with E-state index < -0.39 is 22.8 Å². The zero-order valence-corrected chi connectivity index (χ0v) is 41.2. The van der Waals surface area contributed by atoms with Gasteiger partial charge >= 0.3 is 0 Å². The van der Waals surface area contributed by atoms with E-state index in [1.807, 2.05) is 85.8 Å². The topological polar surface area (TPSA) is 43.4 Å². The van der Waals surface area contributed by atoms with E-state index in [2.05, 4.69) is 45.9 Å². The van der Waals surface area contributed by atoms with Crippen LogP contribution in [-0.4, -0.2) is 128 Å². The van der Waals surface area contributed by atoms with Gasteiger partial charge in [0.2, 0.25) is 0 Å². The standard InChI is InChI=1S/C57H26B15N3O/c1-21-20-32(73)75-27-11-4-2-8-23(27)24-15-16-31-37(54(24)75)57(19-17-22(21)33-39(58)45(64)51(70)46(65)40(33)59)36-29(13-6-14-30(36)76-31)74-28-12-5-3-9-25(28)35(55(57)74)56(38-43(62)49(68)53(72)50(69)44(38)63)18-7-10-26(56)34-41(60)47(66)52(71)48(67)42(34)61/h2-20,35,55H,73H2,1H3/b19-17+,22-21+,32-20+. The van der Waals surface area contributed by atoms with E-state index in [0.29, 0.717) is 50.7 Å². The second-order valence-corrected chi connectivity index (χ2v) is 20.3. The minimum absolute atomic E-state index is 0.0259. The number of hydrogen-bond acceptors (Lipinski definition) is 3. The number of hydrogen-bond donors (Lipinski definition) is 1. The van der Waals surface area contributed by atoms with E-state index >= 15 is 0 Å². The summed E-state index contributed by atoms with van der Waals surface area (Å²) in [4.78, 5) is 2.36. The predicted octanol–water partition coefficient (Wildman–Crippen LogP) is -4.90. The molecule has 13 rings (SSSR count). The van der Waals surface area contributed by atoms with Gasteiger partial charge in [-0.1, -0.05) is 94.7 Å². The number of fused-ring (bicyclic) bond motifs is 7. The van der Waals surface area contributed by atoms with E-state index in [1.165, 1.54) is 0 Å². The Bertz CT molecular complexity index is 4140. The highest BCUT2D eigenvalue weighted by Crippen LogP contribution is 2.71. The third-order valence-electron chi connectivity index (χ3n) is 16.9. The lowest BCUT2D eigenvalue weighted by Gasteiger charge is -2.50. The maximum absolute atomic E-state index is 7.51. The molecule has 4 atom stereocenters. The molecule has 0 saturated carbocycles. The molecule has 4 aliphatic heterocycles. The molecule has 5 heterocycles. The third-order valence-corrected chi connectivity index (χ3v) is 16.9. The summed E-state index contributed by atoms with van der Waals surface area (Å²) in [7, 11) is 103. The van der Waals surface area contributed by atoms with Crippen LogP contribution in [0, 0.1) is 0 Å². The van der Waals surface area contributed by atoms with Crippen LogP contribution in [0.3, 0.4) is 0 Å². The molecule has 1 aromatic heterocycles. The predicted molar refractivity (Wildman–Crippen MR) is 331 cm³/mol. The van der Waals surface area contributed by atoms with E-state index in [9.17, 15) is 0 Å². The van der Waals surface area contributed by atoms with Gasteiger partial charge in [-0.3, -0.25) is 4.57 Å². The average molecular weight is 931 g/mol. The Hall–Kier alpha value is -6.59. The fourth-order valence-electron chi connectivity index (χ4n) is 13.5. The Labute approximate surface area is 462 Å². The number of aromatic nitrogens is 1. The minimum Gasteiger partial charge on any atom is -0.457 e. The van der Waals surface area contributed by atoms with Crippen molar-refractivity contribution in [2.75, 3.05) is 4.90 Å². The van der Waals surface area contributed by atoms with Crippen molar-refractivity contribution in [2.24, 2.45) is 5.73 Å². The SMILES string of the molecule is [B]c1c([B])c([B])c(C2=CC=CC2(c2c([B])c([B])c([B])c([B])c2[B])C2c3ccccc3N3c4cccc5c4C4(/C=C/C(c6c([B])c([B])c([B])c([B])c6[B])=C(C)\C=C(/N)n6c7ccccc7c7ccc(c4c76)O5)C23)c([B])c1[B]. The summed E-state index contributed by atoms with van der Waals surface area (Å²) in [6.45, 7) is 1.93. The molecule has 0 saturated heterocycles. The van der Waals surface area contributed by atoms with Gasteiger partial charge in [-0.2, -0.15) is 0 Å². The number of ether oxygens (including phenoxy) is 1. The van der Waals surface area contributed by atoms with Gasteiger partial charge in [0.15, 0.2) is 0 Å². The number of benzene rings is 7. The number of rotatable bonds is 4. The van der Waals surface area contributed by atoms with Crippen molar-refractivity contribution in [1.82, 2.24) is 4.57 Å². The highest BCUT2D eigenvalue weighted by atomic mass is 16.5. The van der Waals surface area contributed by atoms with Crippen molar-refractivity contribution in [2.45, 2.75) is 29.7 Å². The summed E-state index contributed by atoms with van der Waals surface area (Å²) in [6.07, 6.45) is 11.9. The van der Waals surface area contributed by atoms with Gasteiger partial charge < -0.3 is 15.4 Å². The van der Waals surface area contributed by atoms with Crippen LogP contribution < -0.4 is 97.3 Å². The van der Waals surface area contributed by atoms with Crippen molar-refractivity contribution >= 4 is 250 Å². The van der Waals surface area contributed by atoms with Crippen LogP contribution in [0.15, 0.2) is 121 Å². The van der Waals surface area contributed by atoms with Crippen molar-refractivity contribution in [3.05, 3.63) is 154 Å².